The molecular weight excluding hydrogens is 226 g/mol. The van der Waals surface area contributed by atoms with Crippen LogP contribution in [0.5, 0.6) is 0 Å². The molecule has 18 heavy (non-hydrogen) atoms. The van der Waals surface area contributed by atoms with E-state index in [4.69, 9.17) is 5.26 Å². The van der Waals surface area contributed by atoms with Crippen LogP contribution in [0.2, 0.25) is 0 Å². The number of likely N-dealkylation sites (N-methyl/N-ethyl adjacent to an activating group) is 1. The Bertz CT molecular complexity index is 422. The van der Waals surface area contributed by atoms with E-state index in [1.807, 2.05) is 19.4 Å². The van der Waals surface area contributed by atoms with Crippen molar-refractivity contribution in [3.8, 4) is 6.07 Å². The minimum atomic E-state index is 0.311. The van der Waals surface area contributed by atoms with Crippen LogP contribution in [-0.2, 0) is 0 Å². The van der Waals surface area contributed by atoms with Crippen molar-refractivity contribution < 1.29 is 0 Å². The highest BCUT2D eigenvalue weighted by Crippen LogP contribution is 2.25. The number of anilines is 1. The van der Waals surface area contributed by atoms with E-state index in [1.54, 1.807) is 4.90 Å². The number of aromatic nitrogens is 2. The SMILES string of the molecule is CN1CCCC(c2cnc(N(C)CC#N)nc2)C1. The molecule has 1 saturated heterocycles. The van der Waals surface area contributed by atoms with E-state index >= 15 is 0 Å². The lowest BCUT2D eigenvalue weighted by Crippen LogP contribution is -2.31. The Morgan fingerprint density at radius 2 is 2.22 bits per heavy atom. The van der Waals surface area contributed by atoms with Gasteiger partial charge < -0.3 is 9.80 Å². The maximum absolute atomic E-state index is 8.63. The molecule has 0 radical (unpaired) electrons. The van der Waals surface area contributed by atoms with Gasteiger partial charge in [0.05, 0.1) is 6.07 Å². The van der Waals surface area contributed by atoms with Crippen LogP contribution in [0.1, 0.15) is 24.3 Å². The third-order valence-corrected chi connectivity index (χ3v) is 3.40. The van der Waals surface area contributed by atoms with Gasteiger partial charge in [0, 0.05) is 26.0 Å². The van der Waals surface area contributed by atoms with Gasteiger partial charge in [0.1, 0.15) is 6.54 Å². The smallest absolute Gasteiger partial charge is 0.225 e. The highest BCUT2D eigenvalue weighted by atomic mass is 15.2. The van der Waals surface area contributed by atoms with Gasteiger partial charge in [-0.05, 0) is 37.9 Å². The maximum Gasteiger partial charge on any atom is 0.225 e. The van der Waals surface area contributed by atoms with E-state index < -0.39 is 0 Å². The number of nitrogens with zero attached hydrogens (tertiary/aromatic N) is 5. The monoisotopic (exact) mass is 245 g/mol. The number of piperidine rings is 1. The average molecular weight is 245 g/mol. The van der Waals surface area contributed by atoms with Crippen LogP contribution in [0, 0.1) is 11.3 Å². The third-order valence-electron chi connectivity index (χ3n) is 3.40. The van der Waals surface area contributed by atoms with Gasteiger partial charge in [-0.15, -0.1) is 0 Å². The van der Waals surface area contributed by atoms with Crippen molar-refractivity contribution >= 4 is 5.95 Å². The molecule has 2 rings (SSSR count). The number of nitriles is 1. The zero-order valence-electron chi connectivity index (χ0n) is 11.0. The summed E-state index contributed by atoms with van der Waals surface area (Å²) < 4.78 is 0. The largest absolute Gasteiger partial charge is 0.331 e. The van der Waals surface area contributed by atoms with Gasteiger partial charge in [0.25, 0.3) is 0 Å². The Hall–Kier alpha value is -1.67. The fourth-order valence-electron chi connectivity index (χ4n) is 2.35. The molecule has 0 bridgehead atoms. The second kappa shape index (κ2) is 5.78. The van der Waals surface area contributed by atoms with Crippen molar-refractivity contribution in [3.05, 3.63) is 18.0 Å². The van der Waals surface area contributed by atoms with E-state index in [1.165, 1.54) is 24.9 Å². The second-order valence-electron chi connectivity index (χ2n) is 4.93. The lowest BCUT2D eigenvalue weighted by molar-refractivity contribution is 0.250. The van der Waals surface area contributed by atoms with Crippen molar-refractivity contribution in [1.29, 1.82) is 5.26 Å². The molecular formula is C13H19N5. The molecule has 1 atom stereocenters. The zero-order valence-corrected chi connectivity index (χ0v) is 11.0. The summed E-state index contributed by atoms with van der Waals surface area (Å²) in [6.07, 6.45) is 6.25. The first-order valence-electron chi connectivity index (χ1n) is 6.29. The van der Waals surface area contributed by atoms with Crippen molar-refractivity contribution in [2.45, 2.75) is 18.8 Å². The first-order chi connectivity index (χ1) is 8.70. The Kier molecular flexibility index (Phi) is 4.11. The van der Waals surface area contributed by atoms with Gasteiger partial charge in [0.2, 0.25) is 5.95 Å². The first kappa shape index (κ1) is 12.8. The quantitative estimate of drug-likeness (QED) is 0.750. The van der Waals surface area contributed by atoms with Crippen LogP contribution in [0.25, 0.3) is 0 Å². The molecule has 0 spiro atoms. The van der Waals surface area contributed by atoms with Gasteiger partial charge >= 0.3 is 0 Å². The molecule has 2 heterocycles. The van der Waals surface area contributed by atoms with Crippen molar-refractivity contribution in [1.82, 2.24) is 14.9 Å². The molecule has 5 heteroatoms. The summed E-state index contributed by atoms with van der Waals surface area (Å²) in [4.78, 5) is 12.8. The summed E-state index contributed by atoms with van der Waals surface area (Å²) in [5.74, 6) is 1.16. The minimum absolute atomic E-state index is 0.311. The first-order valence-corrected chi connectivity index (χ1v) is 6.29. The third kappa shape index (κ3) is 2.96. The molecule has 1 aliphatic rings. The fourth-order valence-corrected chi connectivity index (χ4v) is 2.35. The fraction of sp³-hybridized carbons (Fsp3) is 0.615. The molecule has 1 aromatic heterocycles. The lowest BCUT2D eigenvalue weighted by atomic mass is 9.93. The van der Waals surface area contributed by atoms with E-state index in [9.17, 15) is 0 Å². The molecule has 1 aliphatic heterocycles. The topological polar surface area (TPSA) is 56.1 Å². The highest BCUT2D eigenvalue weighted by molar-refractivity contribution is 5.30. The van der Waals surface area contributed by atoms with Crippen LogP contribution in [0.15, 0.2) is 12.4 Å². The summed E-state index contributed by atoms with van der Waals surface area (Å²) in [5.41, 5.74) is 1.20. The molecule has 1 aromatic rings. The minimum Gasteiger partial charge on any atom is -0.331 e. The van der Waals surface area contributed by atoms with Crippen molar-refractivity contribution in [2.75, 3.05) is 38.6 Å². The van der Waals surface area contributed by atoms with E-state index in [0.717, 1.165) is 6.54 Å². The molecule has 96 valence electrons. The van der Waals surface area contributed by atoms with Crippen molar-refractivity contribution in [2.24, 2.45) is 0 Å². The average Bonchev–Trinajstić information content (AvgIpc) is 2.39. The summed E-state index contributed by atoms with van der Waals surface area (Å²) in [6, 6.07) is 2.09. The second-order valence-corrected chi connectivity index (χ2v) is 4.93. The predicted octanol–water partition coefficient (Wildman–Crippen LogP) is 1.25. The standard InChI is InChI=1S/C13H19N5/c1-17-6-3-4-11(10-17)12-8-15-13(16-9-12)18(2)7-5-14/h8-9,11H,3-4,6-7,10H2,1-2H3. The molecule has 0 aliphatic carbocycles. The number of hydrogen-bond acceptors (Lipinski definition) is 5. The molecule has 1 unspecified atom stereocenters. The molecule has 0 aromatic carbocycles. The van der Waals surface area contributed by atoms with Gasteiger partial charge in [0.15, 0.2) is 0 Å². The number of likely N-dealkylation sites (tertiary alicyclic amines) is 1. The van der Waals surface area contributed by atoms with Gasteiger partial charge in [-0.3, -0.25) is 0 Å². The highest BCUT2D eigenvalue weighted by Gasteiger charge is 2.19. The molecule has 0 saturated carbocycles. The van der Waals surface area contributed by atoms with Crippen LogP contribution >= 0.6 is 0 Å². The van der Waals surface area contributed by atoms with Crippen LogP contribution in [0.4, 0.5) is 5.95 Å². The normalized spacial score (nSPS) is 20.4. The predicted molar refractivity (Wildman–Crippen MR) is 70.4 cm³/mol. The summed E-state index contributed by atoms with van der Waals surface area (Å²) in [5, 5.41) is 8.63. The number of hydrogen-bond donors (Lipinski definition) is 0. The van der Waals surface area contributed by atoms with Gasteiger partial charge in [-0.2, -0.15) is 5.26 Å². The molecule has 0 N–H and O–H groups in total. The van der Waals surface area contributed by atoms with E-state index in [-0.39, 0.29) is 0 Å². The molecule has 5 nitrogen and oxygen atoms in total. The summed E-state index contributed by atoms with van der Waals surface area (Å²) >= 11 is 0. The van der Waals surface area contributed by atoms with Gasteiger partial charge in [-0.1, -0.05) is 0 Å². The van der Waals surface area contributed by atoms with Gasteiger partial charge in [-0.25, -0.2) is 9.97 Å². The van der Waals surface area contributed by atoms with E-state index in [2.05, 4.69) is 28.0 Å². The molecule has 1 fully saturated rings. The Balaban J connectivity index is 2.05. The van der Waals surface area contributed by atoms with E-state index in [0.29, 0.717) is 18.4 Å². The Morgan fingerprint density at radius 1 is 1.50 bits per heavy atom. The van der Waals surface area contributed by atoms with Crippen LogP contribution < -0.4 is 4.90 Å². The van der Waals surface area contributed by atoms with Crippen LogP contribution in [-0.4, -0.2) is 48.6 Å². The summed E-state index contributed by atoms with van der Waals surface area (Å²) in [7, 11) is 3.98. The molecule has 0 amide bonds. The summed E-state index contributed by atoms with van der Waals surface area (Å²) in [6.45, 7) is 2.57. The number of rotatable bonds is 3. The Labute approximate surface area is 108 Å². The van der Waals surface area contributed by atoms with Crippen molar-refractivity contribution in [3.63, 3.8) is 0 Å². The Morgan fingerprint density at radius 3 is 2.83 bits per heavy atom. The lowest BCUT2D eigenvalue weighted by Gasteiger charge is -2.29. The maximum atomic E-state index is 8.63. The zero-order chi connectivity index (χ0) is 13.0. The van der Waals surface area contributed by atoms with Crippen LogP contribution in [0.3, 0.4) is 0 Å².